The van der Waals surface area contributed by atoms with Gasteiger partial charge in [-0.25, -0.2) is 4.39 Å². The molecular formula is C9H7ClF4O. The van der Waals surface area contributed by atoms with E-state index in [1.165, 1.54) is 0 Å². The number of hydrogen-bond acceptors (Lipinski definition) is 1. The van der Waals surface area contributed by atoms with Crippen molar-refractivity contribution in [1.82, 2.24) is 0 Å². The lowest BCUT2D eigenvalue weighted by Gasteiger charge is -2.15. The van der Waals surface area contributed by atoms with Crippen molar-refractivity contribution in [3.05, 3.63) is 34.6 Å². The van der Waals surface area contributed by atoms with E-state index in [0.29, 0.717) is 0 Å². The van der Waals surface area contributed by atoms with Crippen LogP contribution < -0.4 is 0 Å². The van der Waals surface area contributed by atoms with E-state index in [9.17, 15) is 17.6 Å². The van der Waals surface area contributed by atoms with Crippen LogP contribution in [0.4, 0.5) is 17.6 Å². The van der Waals surface area contributed by atoms with Gasteiger partial charge < -0.3 is 5.11 Å². The van der Waals surface area contributed by atoms with Crippen LogP contribution in [0.1, 0.15) is 5.56 Å². The van der Waals surface area contributed by atoms with Gasteiger partial charge in [0.1, 0.15) is 5.82 Å². The fourth-order valence-electron chi connectivity index (χ4n) is 1.02. The molecule has 0 heterocycles. The van der Waals surface area contributed by atoms with Gasteiger partial charge in [0, 0.05) is 11.4 Å². The lowest BCUT2D eigenvalue weighted by molar-refractivity contribution is -0.203. The topological polar surface area (TPSA) is 20.2 Å². The van der Waals surface area contributed by atoms with Crippen molar-refractivity contribution in [1.29, 1.82) is 0 Å². The lowest BCUT2D eigenvalue weighted by atomic mass is 10.1. The lowest BCUT2D eigenvalue weighted by Crippen LogP contribution is -2.30. The van der Waals surface area contributed by atoms with Gasteiger partial charge in [-0.2, -0.15) is 13.2 Å². The molecule has 1 aromatic rings. The maximum Gasteiger partial charge on any atom is 0.414 e. The van der Waals surface area contributed by atoms with E-state index < -0.39 is 24.5 Å². The predicted molar refractivity (Wildman–Crippen MR) is 47.2 cm³/mol. The number of benzene rings is 1. The molecule has 1 atom stereocenters. The van der Waals surface area contributed by atoms with E-state index in [-0.39, 0.29) is 10.6 Å². The molecule has 0 bridgehead atoms. The molecule has 0 saturated carbocycles. The van der Waals surface area contributed by atoms with Gasteiger partial charge in [0.05, 0.1) is 0 Å². The van der Waals surface area contributed by atoms with E-state index in [0.717, 1.165) is 18.2 Å². The first-order valence-corrected chi connectivity index (χ1v) is 4.37. The van der Waals surface area contributed by atoms with Gasteiger partial charge in [-0.3, -0.25) is 0 Å². The van der Waals surface area contributed by atoms with Crippen molar-refractivity contribution >= 4 is 11.6 Å². The summed E-state index contributed by atoms with van der Waals surface area (Å²) in [5.74, 6) is -0.691. The molecule has 0 aliphatic rings. The molecule has 0 amide bonds. The van der Waals surface area contributed by atoms with Gasteiger partial charge in [0.15, 0.2) is 6.10 Å². The van der Waals surface area contributed by atoms with Gasteiger partial charge in [-0.05, 0) is 23.8 Å². The Kier molecular flexibility index (Phi) is 3.57. The molecule has 1 N–H and O–H groups in total. The zero-order valence-electron chi connectivity index (χ0n) is 7.35. The summed E-state index contributed by atoms with van der Waals surface area (Å²) in [6, 6.07) is 3.05. The number of halogens is 5. The van der Waals surface area contributed by atoms with Crippen LogP contribution in [0.15, 0.2) is 18.2 Å². The van der Waals surface area contributed by atoms with Crippen molar-refractivity contribution in [2.24, 2.45) is 0 Å². The minimum absolute atomic E-state index is 0.000278. The van der Waals surface area contributed by atoms with Crippen molar-refractivity contribution < 1.29 is 22.7 Å². The number of aliphatic hydroxyl groups is 1. The largest absolute Gasteiger partial charge is 0.414 e. The second-order valence-electron chi connectivity index (χ2n) is 3.00. The van der Waals surface area contributed by atoms with Crippen molar-refractivity contribution in [2.75, 3.05) is 0 Å². The highest BCUT2D eigenvalue weighted by Crippen LogP contribution is 2.26. The molecule has 84 valence electrons. The quantitative estimate of drug-likeness (QED) is 0.791. The molecular weight excluding hydrogens is 236 g/mol. The Morgan fingerprint density at radius 3 is 2.47 bits per heavy atom. The van der Waals surface area contributed by atoms with E-state index >= 15 is 0 Å². The van der Waals surface area contributed by atoms with Gasteiger partial charge in [-0.1, -0.05) is 11.6 Å². The SMILES string of the molecule is O[C@H](Cc1cc(F)ccc1Cl)C(F)(F)F. The predicted octanol–water partition coefficient (Wildman–Crippen LogP) is 2.94. The minimum atomic E-state index is -4.73. The normalized spacial score (nSPS) is 14.0. The second kappa shape index (κ2) is 4.37. The standard InChI is InChI=1S/C9H7ClF4O/c10-7-2-1-6(11)3-5(7)4-8(15)9(12,13)14/h1-3,8,15H,4H2/t8-/m1/s1. The highest BCUT2D eigenvalue weighted by atomic mass is 35.5. The first-order chi connectivity index (χ1) is 6.80. The summed E-state index contributed by atoms with van der Waals surface area (Å²) in [5.41, 5.74) is -0.0681. The molecule has 0 aliphatic carbocycles. The molecule has 6 heteroatoms. The monoisotopic (exact) mass is 242 g/mol. The summed E-state index contributed by atoms with van der Waals surface area (Å²) in [6.45, 7) is 0. The molecule has 1 rings (SSSR count). The number of alkyl halides is 3. The smallest absolute Gasteiger partial charge is 0.383 e. The summed E-state index contributed by atoms with van der Waals surface area (Å²) in [6.07, 6.45) is -8.01. The molecule has 0 radical (unpaired) electrons. The average molecular weight is 243 g/mol. The van der Waals surface area contributed by atoms with E-state index in [4.69, 9.17) is 16.7 Å². The van der Waals surface area contributed by atoms with Gasteiger partial charge in [0.2, 0.25) is 0 Å². The molecule has 0 unspecified atom stereocenters. The van der Waals surface area contributed by atoms with Crippen LogP contribution in [-0.4, -0.2) is 17.4 Å². The summed E-state index contributed by atoms with van der Waals surface area (Å²) in [7, 11) is 0. The average Bonchev–Trinajstić information content (AvgIpc) is 2.09. The zero-order chi connectivity index (χ0) is 11.6. The Bertz CT molecular complexity index is 350. The third kappa shape index (κ3) is 3.35. The van der Waals surface area contributed by atoms with Crippen LogP contribution in [-0.2, 0) is 6.42 Å². The van der Waals surface area contributed by atoms with Gasteiger partial charge in [0.25, 0.3) is 0 Å². The molecule has 0 fully saturated rings. The Balaban J connectivity index is 2.85. The van der Waals surface area contributed by atoms with Gasteiger partial charge in [-0.15, -0.1) is 0 Å². The summed E-state index contributed by atoms with van der Waals surface area (Å²) in [5, 5.41) is 8.75. The Labute approximate surface area is 88.3 Å². The number of aliphatic hydroxyl groups excluding tert-OH is 1. The third-order valence-corrected chi connectivity index (χ3v) is 2.17. The molecule has 0 aromatic heterocycles. The minimum Gasteiger partial charge on any atom is -0.383 e. The highest BCUT2D eigenvalue weighted by Gasteiger charge is 2.38. The Morgan fingerprint density at radius 1 is 1.33 bits per heavy atom. The van der Waals surface area contributed by atoms with Crippen molar-refractivity contribution in [3.63, 3.8) is 0 Å². The van der Waals surface area contributed by atoms with Crippen LogP contribution in [0.5, 0.6) is 0 Å². The Morgan fingerprint density at radius 2 is 1.93 bits per heavy atom. The summed E-state index contributed by atoms with van der Waals surface area (Å²) < 4.78 is 48.6. The van der Waals surface area contributed by atoms with E-state index in [2.05, 4.69) is 0 Å². The van der Waals surface area contributed by atoms with Crippen LogP contribution in [0.2, 0.25) is 5.02 Å². The van der Waals surface area contributed by atoms with Crippen molar-refractivity contribution in [3.8, 4) is 0 Å². The fourth-order valence-corrected chi connectivity index (χ4v) is 1.22. The van der Waals surface area contributed by atoms with Crippen LogP contribution in [0, 0.1) is 5.82 Å². The van der Waals surface area contributed by atoms with Crippen LogP contribution >= 0.6 is 11.6 Å². The third-order valence-electron chi connectivity index (χ3n) is 1.80. The Hall–Kier alpha value is -0.810. The molecule has 0 saturated heterocycles. The fraction of sp³-hybridized carbons (Fsp3) is 0.333. The van der Waals surface area contributed by atoms with Gasteiger partial charge >= 0.3 is 6.18 Å². The molecule has 0 aliphatic heterocycles. The maximum atomic E-state index is 12.7. The molecule has 1 nitrogen and oxygen atoms in total. The maximum absolute atomic E-state index is 12.7. The molecule has 15 heavy (non-hydrogen) atoms. The summed E-state index contributed by atoms with van der Waals surface area (Å²) in [4.78, 5) is 0. The highest BCUT2D eigenvalue weighted by molar-refractivity contribution is 6.31. The zero-order valence-corrected chi connectivity index (χ0v) is 8.11. The first-order valence-electron chi connectivity index (χ1n) is 3.99. The van der Waals surface area contributed by atoms with E-state index in [1.54, 1.807) is 0 Å². The van der Waals surface area contributed by atoms with Crippen LogP contribution in [0.25, 0.3) is 0 Å². The second-order valence-corrected chi connectivity index (χ2v) is 3.40. The van der Waals surface area contributed by atoms with Crippen LogP contribution in [0.3, 0.4) is 0 Å². The number of rotatable bonds is 2. The number of hydrogen-bond donors (Lipinski definition) is 1. The first kappa shape index (κ1) is 12.3. The summed E-state index contributed by atoms with van der Waals surface area (Å²) >= 11 is 5.55. The van der Waals surface area contributed by atoms with Crippen molar-refractivity contribution in [2.45, 2.75) is 18.7 Å². The van der Waals surface area contributed by atoms with E-state index in [1.807, 2.05) is 0 Å². The molecule has 1 aromatic carbocycles. The molecule has 0 spiro atoms.